The number of hydrogen-bond donors (Lipinski definition) is 2. The summed E-state index contributed by atoms with van der Waals surface area (Å²) in [5.41, 5.74) is 10.9. The molecule has 0 unspecified atom stereocenters. The number of methoxy groups -OCH3 is 2. The molecule has 3 aromatic heterocycles. The maximum Gasteiger partial charge on any atom is 0.240 e. The van der Waals surface area contributed by atoms with E-state index in [0.29, 0.717) is 41.8 Å². The van der Waals surface area contributed by atoms with Crippen molar-refractivity contribution in [2.45, 2.75) is 26.2 Å². The van der Waals surface area contributed by atoms with Crippen molar-refractivity contribution < 1.29 is 9.47 Å². The average molecular weight is 485 g/mol. The molecule has 1 aromatic carbocycles. The maximum absolute atomic E-state index is 5.99. The van der Waals surface area contributed by atoms with Gasteiger partial charge in [-0.05, 0) is 55.7 Å². The molecule has 0 fully saturated rings. The Balaban J connectivity index is 1.38. The molecule has 0 bridgehead atoms. The minimum Gasteiger partial charge on any atom is -0.493 e. The number of aromatic nitrogens is 6. The fourth-order valence-corrected chi connectivity index (χ4v) is 4.21. The first-order chi connectivity index (χ1) is 17.5. The van der Waals surface area contributed by atoms with Gasteiger partial charge < -0.3 is 20.5 Å². The number of ether oxygens (including phenoxy) is 2. The van der Waals surface area contributed by atoms with Crippen LogP contribution in [0.2, 0.25) is 0 Å². The molecule has 0 saturated heterocycles. The van der Waals surface area contributed by atoms with E-state index < -0.39 is 0 Å². The summed E-state index contributed by atoms with van der Waals surface area (Å²) in [7, 11) is 3.22. The van der Waals surface area contributed by atoms with Crippen LogP contribution in [-0.2, 0) is 19.3 Å². The first-order valence-corrected chi connectivity index (χ1v) is 11.7. The molecule has 10 heteroatoms. The summed E-state index contributed by atoms with van der Waals surface area (Å²) in [4.78, 5) is 18.5. The van der Waals surface area contributed by atoms with Gasteiger partial charge >= 0.3 is 0 Å². The third kappa shape index (κ3) is 4.97. The Hall–Kier alpha value is -4.47. The molecule has 0 radical (unpaired) electrons. The van der Waals surface area contributed by atoms with E-state index in [1.165, 1.54) is 0 Å². The zero-order valence-electron chi connectivity index (χ0n) is 20.5. The fourth-order valence-electron chi connectivity index (χ4n) is 4.21. The van der Waals surface area contributed by atoms with Crippen LogP contribution in [-0.4, -0.2) is 50.5 Å². The second-order valence-corrected chi connectivity index (χ2v) is 8.45. The molecule has 4 heterocycles. The molecule has 0 atom stereocenters. The summed E-state index contributed by atoms with van der Waals surface area (Å²) in [6, 6.07) is 11.8. The molecule has 0 saturated carbocycles. The van der Waals surface area contributed by atoms with Crippen LogP contribution in [0.25, 0.3) is 11.9 Å². The highest BCUT2D eigenvalue weighted by Crippen LogP contribution is 2.28. The van der Waals surface area contributed by atoms with E-state index in [-0.39, 0.29) is 5.95 Å². The number of nitrogens with zero attached hydrogens (tertiary/aromatic N) is 6. The van der Waals surface area contributed by atoms with Gasteiger partial charge in [0, 0.05) is 30.4 Å². The van der Waals surface area contributed by atoms with Gasteiger partial charge in [-0.1, -0.05) is 12.1 Å². The molecule has 10 nitrogen and oxygen atoms in total. The van der Waals surface area contributed by atoms with Gasteiger partial charge in [0.15, 0.2) is 17.3 Å². The molecule has 5 rings (SSSR count). The predicted octanol–water partition coefficient (Wildman–Crippen LogP) is 3.17. The Morgan fingerprint density at radius 2 is 1.78 bits per heavy atom. The molecule has 0 aliphatic carbocycles. The van der Waals surface area contributed by atoms with Gasteiger partial charge in [-0.3, -0.25) is 4.98 Å². The number of nitrogen functional groups attached to an aromatic ring is 1. The normalized spacial score (nSPS) is 12.2. The summed E-state index contributed by atoms with van der Waals surface area (Å²) in [5.74, 6) is 3.44. The predicted molar refractivity (Wildman–Crippen MR) is 138 cm³/mol. The van der Waals surface area contributed by atoms with Gasteiger partial charge in [-0.25, -0.2) is 9.97 Å². The molecule has 4 aromatic rings. The number of hydrogen-bond acceptors (Lipinski definition) is 9. The standard InChI is InChI=1S/C26H28N8O2/c1-16-29-19(8-7-18-9-10-20-21(31-18)5-4-12-28-20)15-25(30-16)34-24(32-26(27)33-34)14-17-6-11-22(35-2)23(13-17)36-3/h4-6,9-11,13,15,28H,7-8,12,14H2,1-3H3,(H2,27,33). The molecule has 36 heavy (non-hydrogen) atoms. The van der Waals surface area contributed by atoms with Crippen molar-refractivity contribution in [2.24, 2.45) is 0 Å². The van der Waals surface area contributed by atoms with Gasteiger partial charge in [0.05, 0.1) is 25.6 Å². The first kappa shape index (κ1) is 23.3. The molecule has 3 N–H and O–H groups in total. The third-order valence-electron chi connectivity index (χ3n) is 5.90. The average Bonchev–Trinajstić information content (AvgIpc) is 3.26. The number of aryl methyl sites for hydroxylation is 3. The fraction of sp³-hybridized carbons (Fsp3) is 0.269. The van der Waals surface area contributed by atoms with Crippen LogP contribution in [0.5, 0.6) is 11.5 Å². The van der Waals surface area contributed by atoms with Gasteiger partial charge in [-0.2, -0.15) is 9.67 Å². The number of rotatable bonds is 8. The highest BCUT2D eigenvalue weighted by Gasteiger charge is 2.15. The van der Waals surface area contributed by atoms with Crippen LogP contribution < -0.4 is 20.5 Å². The van der Waals surface area contributed by atoms with E-state index in [1.807, 2.05) is 31.2 Å². The van der Waals surface area contributed by atoms with Crippen molar-refractivity contribution in [3.63, 3.8) is 0 Å². The second-order valence-electron chi connectivity index (χ2n) is 8.45. The van der Waals surface area contributed by atoms with Crippen molar-refractivity contribution in [3.05, 3.63) is 76.8 Å². The van der Waals surface area contributed by atoms with E-state index in [2.05, 4.69) is 49.7 Å². The summed E-state index contributed by atoms with van der Waals surface area (Å²) in [5, 5.41) is 7.74. The van der Waals surface area contributed by atoms with E-state index in [9.17, 15) is 0 Å². The molecule has 184 valence electrons. The minimum absolute atomic E-state index is 0.184. The van der Waals surface area contributed by atoms with Crippen molar-refractivity contribution in [1.29, 1.82) is 0 Å². The highest BCUT2D eigenvalue weighted by molar-refractivity contribution is 5.66. The highest BCUT2D eigenvalue weighted by atomic mass is 16.5. The summed E-state index contributed by atoms with van der Waals surface area (Å²) in [6.45, 7) is 2.70. The smallest absolute Gasteiger partial charge is 0.240 e. The molecular weight excluding hydrogens is 456 g/mol. The number of nitrogens with one attached hydrogen (secondary N) is 1. The zero-order chi connectivity index (χ0) is 25.1. The minimum atomic E-state index is 0.184. The summed E-state index contributed by atoms with van der Waals surface area (Å²) in [6.07, 6.45) is 6.09. The Labute approximate surface area is 209 Å². The Kier molecular flexibility index (Phi) is 6.48. The van der Waals surface area contributed by atoms with Gasteiger partial charge in [-0.15, -0.1) is 5.10 Å². The van der Waals surface area contributed by atoms with E-state index >= 15 is 0 Å². The van der Waals surface area contributed by atoms with Crippen molar-refractivity contribution in [2.75, 3.05) is 31.8 Å². The molecule has 1 aliphatic rings. The second kappa shape index (κ2) is 10.0. The quantitative estimate of drug-likeness (QED) is 0.388. The summed E-state index contributed by atoms with van der Waals surface area (Å²) < 4.78 is 12.5. The lowest BCUT2D eigenvalue weighted by molar-refractivity contribution is 0.354. The van der Waals surface area contributed by atoms with E-state index in [0.717, 1.165) is 41.3 Å². The van der Waals surface area contributed by atoms with Crippen LogP contribution in [0.3, 0.4) is 0 Å². The van der Waals surface area contributed by atoms with Crippen LogP contribution in [0.15, 0.2) is 42.5 Å². The number of nitrogens with two attached hydrogens (primary N) is 1. The monoisotopic (exact) mass is 484 g/mol. The number of benzene rings is 1. The zero-order valence-corrected chi connectivity index (χ0v) is 20.5. The van der Waals surface area contributed by atoms with Gasteiger partial charge in [0.25, 0.3) is 0 Å². The van der Waals surface area contributed by atoms with Crippen LogP contribution in [0, 0.1) is 6.92 Å². The molecule has 0 amide bonds. The van der Waals surface area contributed by atoms with Gasteiger partial charge in [0.2, 0.25) is 5.95 Å². The molecule has 1 aliphatic heterocycles. The number of anilines is 2. The lowest BCUT2D eigenvalue weighted by Crippen LogP contribution is -2.10. The maximum atomic E-state index is 5.99. The Morgan fingerprint density at radius 1 is 0.944 bits per heavy atom. The molecular formula is C26H28N8O2. The Morgan fingerprint density at radius 3 is 2.61 bits per heavy atom. The topological polar surface area (TPSA) is 126 Å². The molecule has 0 spiro atoms. The van der Waals surface area contributed by atoms with Crippen molar-refractivity contribution in [3.8, 4) is 17.3 Å². The van der Waals surface area contributed by atoms with Gasteiger partial charge in [0.1, 0.15) is 11.6 Å². The van der Waals surface area contributed by atoms with Crippen LogP contribution in [0.4, 0.5) is 11.6 Å². The van der Waals surface area contributed by atoms with Crippen molar-refractivity contribution >= 4 is 17.7 Å². The lowest BCUT2D eigenvalue weighted by atomic mass is 10.1. The van der Waals surface area contributed by atoms with E-state index in [1.54, 1.807) is 18.9 Å². The first-order valence-electron chi connectivity index (χ1n) is 11.7. The van der Waals surface area contributed by atoms with E-state index in [4.69, 9.17) is 20.2 Å². The number of fused-ring (bicyclic) bond motifs is 1. The SMILES string of the molecule is COc1ccc(Cc2nc(N)nn2-c2cc(CCc3ccc4c(n3)C=CCN4)nc(C)n2)cc1OC. The largest absolute Gasteiger partial charge is 0.493 e. The van der Waals surface area contributed by atoms with Crippen molar-refractivity contribution in [1.82, 2.24) is 29.7 Å². The third-order valence-corrected chi connectivity index (χ3v) is 5.90. The summed E-state index contributed by atoms with van der Waals surface area (Å²) >= 11 is 0. The van der Waals surface area contributed by atoms with Crippen LogP contribution in [0.1, 0.15) is 34.3 Å². The lowest BCUT2D eigenvalue weighted by Gasteiger charge is -2.13. The van der Waals surface area contributed by atoms with Crippen LogP contribution >= 0.6 is 0 Å². The number of pyridine rings is 1. The Bertz CT molecular complexity index is 1430.